The van der Waals surface area contributed by atoms with Crippen molar-refractivity contribution in [3.05, 3.63) is 28.5 Å². The molecule has 2 rings (SSSR count). The maximum atomic E-state index is 11.9. The van der Waals surface area contributed by atoms with Crippen molar-refractivity contribution in [1.82, 2.24) is 10.3 Å². The summed E-state index contributed by atoms with van der Waals surface area (Å²) in [5.74, 6) is -0.144. The SMILES string of the molecule is CC1(C)C(O)CC1NC(=O)c1ccc(Br)nc1. The van der Waals surface area contributed by atoms with Crippen LogP contribution in [0, 0.1) is 5.41 Å². The number of pyridine rings is 1. The highest BCUT2D eigenvalue weighted by Gasteiger charge is 2.47. The van der Waals surface area contributed by atoms with E-state index in [1.165, 1.54) is 6.20 Å². The van der Waals surface area contributed by atoms with Crippen molar-refractivity contribution in [3.8, 4) is 0 Å². The predicted octanol–water partition coefficient (Wildman–Crippen LogP) is 1.73. The maximum Gasteiger partial charge on any atom is 0.253 e. The van der Waals surface area contributed by atoms with E-state index >= 15 is 0 Å². The van der Waals surface area contributed by atoms with Gasteiger partial charge in [-0.05, 0) is 34.5 Å². The highest BCUT2D eigenvalue weighted by Crippen LogP contribution is 2.40. The molecule has 92 valence electrons. The van der Waals surface area contributed by atoms with Crippen molar-refractivity contribution in [1.29, 1.82) is 0 Å². The quantitative estimate of drug-likeness (QED) is 0.818. The van der Waals surface area contributed by atoms with Gasteiger partial charge in [-0.25, -0.2) is 4.98 Å². The molecule has 0 bridgehead atoms. The van der Waals surface area contributed by atoms with Crippen molar-refractivity contribution in [3.63, 3.8) is 0 Å². The van der Waals surface area contributed by atoms with Gasteiger partial charge in [0.25, 0.3) is 5.91 Å². The minimum absolute atomic E-state index is 0.0219. The summed E-state index contributed by atoms with van der Waals surface area (Å²) in [6.45, 7) is 3.90. The summed E-state index contributed by atoms with van der Waals surface area (Å²) < 4.78 is 0.702. The molecule has 0 aliphatic heterocycles. The van der Waals surface area contributed by atoms with Crippen LogP contribution in [-0.2, 0) is 0 Å². The van der Waals surface area contributed by atoms with Gasteiger partial charge in [-0.3, -0.25) is 4.79 Å². The van der Waals surface area contributed by atoms with Crippen molar-refractivity contribution >= 4 is 21.8 Å². The average molecular weight is 299 g/mol. The number of aliphatic hydroxyl groups is 1. The standard InChI is InChI=1S/C12H15BrN2O2/c1-12(2)8(5-9(12)16)15-11(17)7-3-4-10(13)14-6-7/h3-4,6,8-9,16H,5H2,1-2H3,(H,15,17). The van der Waals surface area contributed by atoms with E-state index in [0.717, 1.165) is 0 Å². The molecule has 2 N–H and O–H groups in total. The zero-order chi connectivity index (χ0) is 12.6. The summed E-state index contributed by atoms with van der Waals surface area (Å²) in [5.41, 5.74) is 0.281. The summed E-state index contributed by atoms with van der Waals surface area (Å²) in [7, 11) is 0. The molecule has 2 atom stereocenters. The molecule has 1 heterocycles. The van der Waals surface area contributed by atoms with Crippen LogP contribution in [0.1, 0.15) is 30.6 Å². The number of carbonyl (C=O) groups is 1. The monoisotopic (exact) mass is 298 g/mol. The van der Waals surface area contributed by atoms with Crippen molar-refractivity contribution in [2.45, 2.75) is 32.4 Å². The molecular formula is C12H15BrN2O2. The van der Waals surface area contributed by atoms with Gasteiger partial charge in [-0.15, -0.1) is 0 Å². The van der Waals surface area contributed by atoms with Crippen molar-refractivity contribution in [2.75, 3.05) is 0 Å². The smallest absolute Gasteiger partial charge is 0.253 e. The molecule has 1 fully saturated rings. The molecule has 0 spiro atoms. The summed E-state index contributed by atoms with van der Waals surface area (Å²) in [6.07, 6.45) is 1.81. The van der Waals surface area contributed by atoms with Gasteiger partial charge in [0.2, 0.25) is 0 Å². The number of aliphatic hydroxyl groups excluding tert-OH is 1. The first kappa shape index (κ1) is 12.5. The molecule has 1 aromatic heterocycles. The molecule has 1 aliphatic carbocycles. The summed E-state index contributed by atoms with van der Waals surface area (Å²) >= 11 is 3.22. The summed E-state index contributed by atoms with van der Waals surface area (Å²) in [6, 6.07) is 3.47. The number of carbonyl (C=O) groups excluding carboxylic acids is 1. The molecule has 17 heavy (non-hydrogen) atoms. The topological polar surface area (TPSA) is 62.2 Å². The van der Waals surface area contributed by atoms with Gasteiger partial charge in [-0.1, -0.05) is 13.8 Å². The highest BCUT2D eigenvalue weighted by molar-refractivity contribution is 9.10. The van der Waals surface area contributed by atoms with Crippen LogP contribution in [0.15, 0.2) is 22.9 Å². The lowest BCUT2D eigenvalue weighted by Gasteiger charge is -2.49. The largest absolute Gasteiger partial charge is 0.392 e. The van der Waals surface area contributed by atoms with Gasteiger partial charge in [-0.2, -0.15) is 0 Å². The Hall–Kier alpha value is -0.940. The van der Waals surface area contributed by atoms with E-state index in [0.29, 0.717) is 16.6 Å². The second-order valence-corrected chi connectivity index (χ2v) is 5.78. The van der Waals surface area contributed by atoms with Crippen LogP contribution >= 0.6 is 15.9 Å². The van der Waals surface area contributed by atoms with Gasteiger partial charge >= 0.3 is 0 Å². The number of nitrogens with one attached hydrogen (secondary N) is 1. The lowest BCUT2D eigenvalue weighted by atomic mass is 9.64. The molecule has 0 saturated heterocycles. The highest BCUT2D eigenvalue weighted by atomic mass is 79.9. The van der Waals surface area contributed by atoms with E-state index in [1.54, 1.807) is 12.1 Å². The van der Waals surface area contributed by atoms with Crippen LogP contribution in [0.5, 0.6) is 0 Å². The van der Waals surface area contributed by atoms with Crippen molar-refractivity contribution < 1.29 is 9.90 Å². The van der Waals surface area contributed by atoms with Crippen LogP contribution in [0.2, 0.25) is 0 Å². The third-order valence-corrected chi connectivity index (χ3v) is 3.98. The fraction of sp³-hybridized carbons (Fsp3) is 0.500. The Labute approximate surface area is 109 Å². The fourth-order valence-electron chi connectivity index (χ4n) is 1.90. The Balaban J connectivity index is 2.01. The van der Waals surface area contributed by atoms with E-state index in [4.69, 9.17) is 0 Å². The van der Waals surface area contributed by atoms with E-state index in [2.05, 4.69) is 26.2 Å². The molecule has 1 aliphatic rings. The lowest BCUT2D eigenvalue weighted by Crippen LogP contribution is -2.61. The van der Waals surface area contributed by atoms with Gasteiger partial charge in [0.15, 0.2) is 0 Å². The maximum absolute atomic E-state index is 11.9. The Morgan fingerprint density at radius 1 is 1.59 bits per heavy atom. The van der Waals surface area contributed by atoms with E-state index < -0.39 is 0 Å². The minimum atomic E-state index is -0.337. The number of nitrogens with zero attached hydrogens (tertiary/aromatic N) is 1. The third-order valence-electron chi connectivity index (χ3n) is 3.51. The number of hydrogen-bond acceptors (Lipinski definition) is 3. The molecule has 1 amide bonds. The predicted molar refractivity (Wildman–Crippen MR) is 67.6 cm³/mol. The van der Waals surface area contributed by atoms with Crippen LogP contribution in [0.25, 0.3) is 0 Å². The van der Waals surface area contributed by atoms with Crippen LogP contribution in [0.3, 0.4) is 0 Å². The molecule has 5 heteroatoms. The molecule has 1 saturated carbocycles. The molecule has 2 unspecified atom stereocenters. The molecule has 0 aromatic carbocycles. The Morgan fingerprint density at radius 2 is 2.29 bits per heavy atom. The second-order valence-electron chi connectivity index (χ2n) is 4.97. The molecule has 0 radical (unpaired) electrons. The average Bonchev–Trinajstić information content (AvgIpc) is 2.29. The van der Waals surface area contributed by atoms with Gasteiger partial charge < -0.3 is 10.4 Å². The van der Waals surface area contributed by atoms with E-state index in [9.17, 15) is 9.90 Å². The Bertz CT molecular complexity index is 431. The van der Waals surface area contributed by atoms with Crippen molar-refractivity contribution in [2.24, 2.45) is 5.41 Å². The zero-order valence-electron chi connectivity index (χ0n) is 9.77. The Kier molecular flexibility index (Phi) is 3.23. The number of hydrogen-bond donors (Lipinski definition) is 2. The number of rotatable bonds is 2. The third kappa shape index (κ3) is 2.35. The Morgan fingerprint density at radius 3 is 2.76 bits per heavy atom. The fourth-order valence-corrected chi connectivity index (χ4v) is 2.13. The number of halogens is 1. The molecule has 1 aromatic rings. The molecule has 4 nitrogen and oxygen atoms in total. The summed E-state index contributed by atoms with van der Waals surface area (Å²) in [4.78, 5) is 15.9. The molecular weight excluding hydrogens is 284 g/mol. The normalized spacial score (nSPS) is 26.1. The first-order valence-electron chi connectivity index (χ1n) is 5.51. The first-order chi connectivity index (χ1) is 7.91. The van der Waals surface area contributed by atoms with Gasteiger partial charge in [0.05, 0.1) is 11.7 Å². The minimum Gasteiger partial charge on any atom is -0.392 e. The second kappa shape index (κ2) is 4.38. The van der Waals surface area contributed by atoms with Gasteiger partial charge in [0, 0.05) is 17.7 Å². The van der Waals surface area contributed by atoms with E-state index in [1.807, 2.05) is 13.8 Å². The lowest BCUT2D eigenvalue weighted by molar-refractivity contribution is -0.0689. The van der Waals surface area contributed by atoms with Crippen LogP contribution < -0.4 is 5.32 Å². The summed E-state index contributed by atoms with van der Waals surface area (Å²) in [5, 5.41) is 12.5. The van der Waals surface area contributed by atoms with Crippen LogP contribution in [-0.4, -0.2) is 28.1 Å². The number of aromatic nitrogens is 1. The first-order valence-corrected chi connectivity index (χ1v) is 6.31. The van der Waals surface area contributed by atoms with E-state index in [-0.39, 0.29) is 23.5 Å². The number of amides is 1. The van der Waals surface area contributed by atoms with Gasteiger partial charge in [0.1, 0.15) is 4.60 Å². The zero-order valence-corrected chi connectivity index (χ0v) is 11.4. The van der Waals surface area contributed by atoms with Crippen LogP contribution in [0.4, 0.5) is 0 Å².